The van der Waals surface area contributed by atoms with Crippen LogP contribution in [0.25, 0.3) is 0 Å². The normalized spacial score (nSPS) is 19.8. The number of sulfonamides is 1. The lowest BCUT2D eigenvalue weighted by atomic mass is 9.75. The number of nitrogens with zero attached hydrogens (tertiary/aromatic N) is 3. The van der Waals surface area contributed by atoms with Crippen LogP contribution in [0.4, 0.5) is 4.39 Å². The van der Waals surface area contributed by atoms with Gasteiger partial charge >= 0.3 is 0 Å². The molecule has 0 unspecified atom stereocenters. The molecule has 6 rings (SSSR count). The number of carbonyl (C=O) groups excluding carboxylic acids is 6. The summed E-state index contributed by atoms with van der Waals surface area (Å²) < 4.78 is 50.7. The summed E-state index contributed by atoms with van der Waals surface area (Å²) in [5.41, 5.74) is 13.5. The highest BCUT2D eigenvalue weighted by Crippen LogP contribution is 2.44. The summed E-state index contributed by atoms with van der Waals surface area (Å²) in [7, 11) is -4.20. The number of aliphatic imine (C=N–C) groups is 1. The first-order chi connectivity index (χ1) is 36.0. The second-order valence-corrected chi connectivity index (χ2v) is 23.0. The van der Waals surface area contributed by atoms with Crippen LogP contribution in [-0.2, 0) is 51.6 Å². The van der Waals surface area contributed by atoms with Crippen LogP contribution in [0.15, 0.2) is 59.5 Å². The van der Waals surface area contributed by atoms with Gasteiger partial charge in [-0.15, -0.1) is 13.2 Å². The Labute approximate surface area is 447 Å². The first-order valence-corrected chi connectivity index (χ1v) is 28.2. The molecule has 1 aliphatic carbocycles. The number of benzene rings is 2. The number of ether oxygens (including phenoxy) is 1. The number of hydrogen-bond donors (Lipinski definition) is 7. The number of nitrogens with two attached hydrogens (primary N) is 2. The molecule has 9 N–H and O–H groups in total. The number of rotatable bonds is 25. The minimum absolute atomic E-state index is 0.0154. The third kappa shape index (κ3) is 14.2. The van der Waals surface area contributed by atoms with E-state index in [0.29, 0.717) is 98.8 Å². The summed E-state index contributed by atoms with van der Waals surface area (Å²) in [5, 5.41) is 11.5. The van der Waals surface area contributed by atoms with Gasteiger partial charge in [-0.25, -0.2) is 17.5 Å². The third-order valence-corrected chi connectivity index (χ3v) is 16.7. The SMILES string of the molecule is C=CCCCNC(=O)[C@@H]1CCCN1C(=O)[C@H](CCCN=C(N)NS(=O)(=O)c1c(C)c(C)c2c(c1C)CC(C)(C)O2)NC(=O)C1(NC(=O)[C@@H]2CCCN2C(=O)[C@H](Cc2cccc(F)c2)NC(=O)[C@@H](N)CCCC=C)CCC1. The first kappa shape index (κ1) is 58.9. The summed E-state index contributed by atoms with van der Waals surface area (Å²) in [4.78, 5) is 92.1. The van der Waals surface area contributed by atoms with Crippen LogP contribution in [0.3, 0.4) is 0 Å². The lowest BCUT2D eigenvalue weighted by molar-refractivity contribution is -0.146. The predicted octanol–water partition coefficient (Wildman–Crippen LogP) is 3.84. The Morgan fingerprint density at radius 1 is 0.868 bits per heavy atom. The first-order valence-electron chi connectivity index (χ1n) is 26.7. The van der Waals surface area contributed by atoms with E-state index in [2.05, 4.69) is 44.1 Å². The van der Waals surface area contributed by atoms with Gasteiger partial charge in [-0.2, -0.15) is 0 Å². The lowest BCUT2D eigenvalue weighted by Crippen LogP contribution is -2.67. The standard InChI is InChI=1S/C55H79FN10O9S/c1-8-10-12-21-40(57)47(67)61-42(32-37-19-14-20-38(56)31-37)51(71)66-30-17-24-44(66)49(69)63-55(25-18-26-55)52(72)62-41(50(70)65-29-16-23-43(65)48(68)59-27-13-11-9-2)22-15-28-60-53(58)64-76(73,74)46-35(4)34(3)45-39(36(46)5)33-54(6,7)75-45/h8-9,14,19-20,31,40-44H,1-2,10-13,15-18,21-30,32-33,57H2,3-7H3,(H,59,68)(H,61,67)(H,62,72)(H,63,69)(H3,58,60,64)/t40-,41-,42-,43-,44-/m0/s1. The maximum atomic E-state index is 14.6. The van der Waals surface area contributed by atoms with Crippen LogP contribution in [-0.4, -0.2) is 127 Å². The maximum absolute atomic E-state index is 14.6. The van der Waals surface area contributed by atoms with Crippen molar-refractivity contribution in [3.05, 3.63) is 83.2 Å². The van der Waals surface area contributed by atoms with Gasteiger partial charge in [0.2, 0.25) is 41.4 Å². The molecule has 0 spiro atoms. The number of amides is 6. The second-order valence-electron chi connectivity index (χ2n) is 21.3. The van der Waals surface area contributed by atoms with Gasteiger partial charge in [-0.3, -0.25) is 33.8 Å². The molecule has 3 heterocycles. The molecule has 3 fully saturated rings. The molecule has 3 aliphatic heterocycles. The highest BCUT2D eigenvalue weighted by atomic mass is 32.2. The van der Waals surface area contributed by atoms with Gasteiger partial charge in [-0.1, -0.05) is 24.3 Å². The van der Waals surface area contributed by atoms with E-state index in [-0.39, 0.29) is 74.9 Å². The van der Waals surface area contributed by atoms with Gasteiger partial charge in [-0.05, 0) is 159 Å². The monoisotopic (exact) mass is 1070 g/mol. The van der Waals surface area contributed by atoms with Crippen molar-refractivity contribution in [3.63, 3.8) is 0 Å². The lowest BCUT2D eigenvalue weighted by Gasteiger charge is -2.43. The van der Waals surface area contributed by atoms with E-state index in [0.717, 1.165) is 5.56 Å². The summed E-state index contributed by atoms with van der Waals surface area (Å²) in [6.07, 6.45) is 9.81. The molecule has 0 radical (unpaired) electrons. The van der Waals surface area contributed by atoms with Crippen LogP contribution in [0.2, 0.25) is 0 Å². The molecule has 0 bridgehead atoms. The Balaban J connectivity index is 1.17. The topological polar surface area (TPSA) is 277 Å². The van der Waals surface area contributed by atoms with Crippen molar-refractivity contribution < 1.29 is 46.3 Å². The second kappa shape index (κ2) is 25.7. The van der Waals surface area contributed by atoms with Gasteiger partial charge < -0.3 is 47.3 Å². The van der Waals surface area contributed by atoms with Crippen molar-refractivity contribution >= 4 is 51.4 Å². The molecule has 2 aromatic rings. The van der Waals surface area contributed by atoms with Crippen molar-refractivity contribution in [2.45, 2.75) is 184 Å². The molecule has 21 heteroatoms. The van der Waals surface area contributed by atoms with Crippen molar-refractivity contribution in [2.24, 2.45) is 16.5 Å². The number of hydrogen-bond acceptors (Lipinski definition) is 11. The van der Waals surface area contributed by atoms with Crippen LogP contribution in [0.1, 0.15) is 132 Å². The van der Waals surface area contributed by atoms with E-state index < -0.39 is 86.7 Å². The van der Waals surface area contributed by atoms with Crippen molar-refractivity contribution in [1.82, 2.24) is 35.8 Å². The van der Waals surface area contributed by atoms with E-state index in [1.54, 1.807) is 32.1 Å². The van der Waals surface area contributed by atoms with E-state index in [1.165, 1.54) is 28.0 Å². The van der Waals surface area contributed by atoms with Gasteiger partial charge in [0.15, 0.2) is 0 Å². The maximum Gasteiger partial charge on any atom is 0.264 e. The number of likely N-dealkylation sites (tertiary alicyclic amines) is 2. The fraction of sp³-hybridized carbons (Fsp3) is 0.582. The summed E-state index contributed by atoms with van der Waals surface area (Å²) in [5.74, 6) is -3.34. The van der Waals surface area contributed by atoms with Crippen LogP contribution in [0, 0.1) is 26.6 Å². The van der Waals surface area contributed by atoms with Crippen LogP contribution < -0.4 is 42.2 Å². The van der Waals surface area contributed by atoms with Crippen molar-refractivity contribution in [1.29, 1.82) is 0 Å². The largest absolute Gasteiger partial charge is 0.487 e. The van der Waals surface area contributed by atoms with Gasteiger partial charge in [0.25, 0.3) is 10.0 Å². The number of carbonyl (C=O) groups is 6. The van der Waals surface area contributed by atoms with Gasteiger partial charge in [0.1, 0.15) is 46.9 Å². The summed E-state index contributed by atoms with van der Waals surface area (Å²) in [6.45, 7) is 17.4. The van der Waals surface area contributed by atoms with Crippen molar-refractivity contribution in [2.75, 3.05) is 26.2 Å². The van der Waals surface area contributed by atoms with E-state index in [4.69, 9.17) is 16.2 Å². The molecular formula is C55H79FN10O9S. The molecule has 5 atom stereocenters. The van der Waals surface area contributed by atoms with Gasteiger partial charge in [0, 0.05) is 44.6 Å². The molecule has 2 saturated heterocycles. The average molecular weight is 1080 g/mol. The minimum atomic E-state index is -4.20. The molecule has 76 heavy (non-hydrogen) atoms. The van der Waals surface area contributed by atoms with Gasteiger partial charge in [0.05, 0.1) is 10.9 Å². The Morgan fingerprint density at radius 2 is 1.51 bits per heavy atom. The highest BCUT2D eigenvalue weighted by Gasteiger charge is 2.50. The number of allylic oxidation sites excluding steroid dienone is 2. The molecule has 1 saturated carbocycles. The number of unbranched alkanes of at least 4 members (excludes halogenated alkanes) is 2. The molecule has 0 aromatic heterocycles. The number of halogens is 1. The Hall–Kier alpha value is -6.35. The average Bonchev–Trinajstić information content (AvgIpc) is 4.13. The number of guanidine groups is 1. The fourth-order valence-corrected chi connectivity index (χ4v) is 12.3. The smallest absolute Gasteiger partial charge is 0.264 e. The van der Waals surface area contributed by atoms with Crippen LogP contribution in [0.5, 0.6) is 5.75 Å². The Bertz CT molecular complexity index is 2670. The number of fused-ring (bicyclic) bond motifs is 1. The quantitative estimate of drug-likeness (QED) is 0.0325. The van der Waals surface area contributed by atoms with E-state index in [9.17, 15) is 41.6 Å². The Kier molecular flexibility index (Phi) is 19.9. The predicted molar refractivity (Wildman–Crippen MR) is 288 cm³/mol. The Morgan fingerprint density at radius 3 is 2.14 bits per heavy atom. The fourth-order valence-electron chi connectivity index (χ4n) is 10.7. The zero-order valence-corrected chi connectivity index (χ0v) is 45.7. The minimum Gasteiger partial charge on any atom is -0.487 e. The molecule has 2 aromatic carbocycles. The zero-order chi connectivity index (χ0) is 55.5. The summed E-state index contributed by atoms with van der Waals surface area (Å²) in [6, 6.07) is 0.589. The third-order valence-electron chi connectivity index (χ3n) is 15.1. The zero-order valence-electron chi connectivity index (χ0n) is 44.9. The van der Waals surface area contributed by atoms with E-state index >= 15 is 0 Å². The molecular weight excluding hydrogens is 996 g/mol. The highest BCUT2D eigenvalue weighted by molar-refractivity contribution is 7.90. The molecule has 416 valence electrons. The van der Waals surface area contributed by atoms with E-state index in [1.807, 2.05) is 20.8 Å². The van der Waals surface area contributed by atoms with Crippen molar-refractivity contribution in [3.8, 4) is 5.75 Å². The number of nitrogens with one attached hydrogen (secondary N) is 5. The molecule has 4 aliphatic rings. The molecule has 6 amide bonds. The summed E-state index contributed by atoms with van der Waals surface area (Å²) >= 11 is 0. The molecule has 19 nitrogen and oxygen atoms in total. The van der Waals surface area contributed by atoms with Crippen LogP contribution >= 0.6 is 0 Å².